The number of aliphatic hydroxyl groups is 1. The van der Waals surface area contributed by atoms with Crippen LogP contribution < -0.4 is 9.47 Å². The predicted molar refractivity (Wildman–Crippen MR) is 139 cm³/mol. The Morgan fingerprint density at radius 2 is 1.83 bits per heavy atom. The molecule has 0 radical (unpaired) electrons. The van der Waals surface area contributed by atoms with E-state index in [1.54, 1.807) is 0 Å². The van der Waals surface area contributed by atoms with Crippen molar-refractivity contribution in [3.8, 4) is 11.5 Å². The number of ether oxygens (including phenoxy) is 2. The highest BCUT2D eigenvalue weighted by molar-refractivity contribution is 6.32. The summed E-state index contributed by atoms with van der Waals surface area (Å²) in [5.74, 6) is 2.99. The largest absolute Gasteiger partial charge is 0.492 e. The maximum absolute atomic E-state index is 11.0. The minimum absolute atomic E-state index is 0.258. The van der Waals surface area contributed by atoms with Crippen LogP contribution in [-0.2, 0) is 13.1 Å². The van der Waals surface area contributed by atoms with Gasteiger partial charge in [0.15, 0.2) is 0 Å². The van der Waals surface area contributed by atoms with Gasteiger partial charge < -0.3 is 19.1 Å². The van der Waals surface area contributed by atoms with E-state index >= 15 is 0 Å². The summed E-state index contributed by atoms with van der Waals surface area (Å²) in [6.45, 7) is 10.4. The second-order valence-corrected chi connectivity index (χ2v) is 10.3. The Balaban J connectivity index is 1.20. The van der Waals surface area contributed by atoms with Gasteiger partial charge in [0.25, 0.3) is 0 Å². The van der Waals surface area contributed by atoms with Gasteiger partial charge in [-0.25, -0.2) is 4.98 Å². The topological polar surface area (TPSA) is 59.8 Å². The molecule has 35 heavy (non-hydrogen) atoms. The number of hydrogen-bond acceptors (Lipinski definition) is 5. The minimum atomic E-state index is -0.827. The van der Waals surface area contributed by atoms with E-state index in [4.69, 9.17) is 21.1 Å². The SMILES string of the molecule is Cc1ccc(Cl)c(OCC2(O)CCN(Cc3ccc(OCCn4ccnc4C(C)C)cc3)CC2)c1. The second kappa shape index (κ2) is 11.5. The first-order valence-electron chi connectivity index (χ1n) is 12.4. The van der Waals surface area contributed by atoms with Crippen molar-refractivity contribution in [3.63, 3.8) is 0 Å². The number of aromatic nitrogens is 2. The Labute approximate surface area is 213 Å². The highest BCUT2D eigenvalue weighted by Gasteiger charge is 2.33. The number of rotatable bonds is 10. The maximum atomic E-state index is 11.0. The summed E-state index contributed by atoms with van der Waals surface area (Å²) in [7, 11) is 0. The molecule has 6 nitrogen and oxygen atoms in total. The molecule has 1 aliphatic heterocycles. The number of aryl methyl sites for hydroxylation is 1. The number of benzene rings is 2. The van der Waals surface area contributed by atoms with Crippen molar-refractivity contribution in [2.75, 3.05) is 26.3 Å². The Morgan fingerprint density at radius 3 is 2.54 bits per heavy atom. The van der Waals surface area contributed by atoms with Crippen molar-refractivity contribution in [2.45, 2.75) is 58.2 Å². The second-order valence-electron chi connectivity index (χ2n) is 9.85. The average Bonchev–Trinajstić information content (AvgIpc) is 3.31. The van der Waals surface area contributed by atoms with Crippen molar-refractivity contribution < 1.29 is 14.6 Å². The van der Waals surface area contributed by atoms with Crippen LogP contribution in [0.1, 0.15) is 49.6 Å². The minimum Gasteiger partial charge on any atom is -0.492 e. The predicted octanol–water partition coefficient (Wildman–Crippen LogP) is 5.45. The number of hydrogen-bond donors (Lipinski definition) is 1. The summed E-state index contributed by atoms with van der Waals surface area (Å²) in [5, 5.41) is 11.6. The zero-order valence-electron chi connectivity index (χ0n) is 20.9. The molecule has 2 heterocycles. The first-order chi connectivity index (χ1) is 16.8. The summed E-state index contributed by atoms with van der Waals surface area (Å²) in [6, 6.07) is 14.0. The molecule has 1 aromatic heterocycles. The standard InChI is InChI=1S/C28H36ClN3O3/c1-21(2)27-30-12-15-32(27)16-17-34-24-7-5-23(6-8-24)19-31-13-10-28(33,11-14-31)20-35-26-18-22(3)4-9-25(26)29/h4-9,12,15,18,21,33H,10-11,13-14,16-17,19-20H2,1-3H3. The molecule has 0 saturated carbocycles. The molecule has 2 aromatic carbocycles. The van der Waals surface area contributed by atoms with Gasteiger partial charge in [-0.2, -0.15) is 0 Å². The third-order valence-electron chi connectivity index (χ3n) is 6.56. The lowest BCUT2D eigenvalue weighted by Gasteiger charge is -2.38. The van der Waals surface area contributed by atoms with Crippen LogP contribution in [0.5, 0.6) is 11.5 Å². The molecule has 1 saturated heterocycles. The van der Waals surface area contributed by atoms with E-state index in [1.165, 1.54) is 5.56 Å². The van der Waals surface area contributed by atoms with Gasteiger partial charge in [0.2, 0.25) is 0 Å². The quantitative estimate of drug-likeness (QED) is 0.403. The van der Waals surface area contributed by atoms with Crippen LogP contribution in [0, 0.1) is 6.92 Å². The summed E-state index contributed by atoms with van der Waals surface area (Å²) in [5.41, 5.74) is 1.50. The van der Waals surface area contributed by atoms with Gasteiger partial charge in [-0.3, -0.25) is 4.90 Å². The van der Waals surface area contributed by atoms with Crippen molar-refractivity contribution >= 4 is 11.6 Å². The van der Waals surface area contributed by atoms with Gasteiger partial charge in [0.1, 0.15) is 36.1 Å². The van der Waals surface area contributed by atoms with Crippen molar-refractivity contribution in [3.05, 3.63) is 76.8 Å². The highest BCUT2D eigenvalue weighted by atomic mass is 35.5. The molecule has 4 rings (SSSR count). The summed E-state index contributed by atoms with van der Waals surface area (Å²) in [6.07, 6.45) is 5.19. The van der Waals surface area contributed by atoms with E-state index < -0.39 is 5.60 Å². The molecular weight excluding hydrogens is 462 g/mol. The Morgan fingerprint density at radius 1 is 1.09 bits per heavy atom. The lowest BCUT2D eigenvalue weighted by molar-refractivity contribution is -0.0537. The molecule has 0 bridgehead atoms. The first kappa shape index (κ1) is 25.5. The summed E-state index contributed by atoms with van der Waals surface area (Å²) >= 11 is 6.23. The fourth-order valence-corrected chi connectivity index (χ4v) is 4.60. The molecular formula is C28H36ClN3O3. The van der Waals surface area contributed by atoms with Gasteiger partial charge >= 0.3 is 0 Å². The molecule has 7 heteroatoms. The van der Waals surface area contributed by atoms with Gasteiger partial charge in [-0.05, 0) is 55.2 Å². The average molecular weight is 498 g/mol. The van der Waals surface area contributed by atoms with Crippen LogP contribution in [-0.4, -0.2) is 51.5 Å². The molecule has 3 aromatic rings. The van der Waals surface area contributed by atoms with E-state index in [1.807, 2.05) is 49.6 Å². The van der Waals surface area contributed by atoms with E-state index in [9.17, 15) is 5.11 Å². The molecule has 0 aliphatic carbocycles. The zero-order chi connectivity index (χ0) is 24.8. The molecule has 0 atom stereocenters. The van der Waals surface area contributed by atoms with Gasteiger partial charge in [-0.15, -0.1) is 0 Å². The van der Waals surface area contributed by atoms with Gasteiger partial charge in [0, 0.05) is 37.9 Å². The lowest BCUT2D eigenvalue weighted by atomic mass is 9.92. The van der Waals surface area contributed by atoms with E-state index in [0.717, 1.165) is 43.3 Å². The van der Waals surface area contributed by atoms with Crippen LogP contribution in [0.3, 0.4) is 0 Å². The van der Waals surface area contributed by atoms with Crippen molar-refractivity contribution in [2.24, 2.45) is 0 Å². The number of imidazole rings is 1. The van der Waals surface area contributed by atoms with Gasteiger partial charge in [-0.1, -0.05) is 43.6 Å². The molecule has 1 fully saturated rings. The zero-order valence-corrected chi connectivity index (χ0v) is 21.7. The third-order valence-corrected chi connectivity index (χ3v) is 6.88. The Hall–Kier alpha value is -2.54. The molecule has 188 valence electrons. The number of nitrogens with zero attached hydrogens (tertiary/aromatic N) is 3. The van der Waals surface area contributed by atoms with Crippen LogP contribution >= 0.6 is 11.6 Å². The van der Waals surface area contributed by atoms with Crippen LogP contribution in [0.2, 0.25) is 5.02 Å². The fourth-order valence-electron chi connectivity index (χ4n) is 4.43. The first-order valence-corrected chi connectivity index (χ1v) is 12.8. The molecule has 1 aliphatic rings. The Bertz CT molecular complexity index is 1090. The van der Waals surface area contributed by atoms with Crippen molar-refractivity contribution in [1.82, 2.24) is 14.5 Å². The summed E-state index contributed by atoms with van der Waals surface area (Å²) in [4.78, 5) is 6.79. The normalized spacial score (nSPS) is 15.9. The maximum Gasteiger partial charge on any atom is 0.138 e. The fraction of sp³-hybridized carbons (Fsp3) is 0.464. The summed E-state index contributed by atoms with van der Waals surface area (Å²) < 4.78 is 14.0. The van der Waals surface area contributed by atoms with Gasteiger partial charge in [0.05, 0.1) is 11.6 Å². The monoisotopic (exact) mass is 497 g/mol. The smallest absolute Gasteiger partial charge is 0.138 e. The van der Waals surface area contributed by atoms with Crippen LogP contribution in [0.25, 0.3) is 0 Å². The number of likely N-dealkylation sites (tertiary alicyclic amines) is 1. The molecule has 0 spiro atoms. The van der Waals surface area contributed by atoms with Crippen molar-refractivity contribution in [1.29, 1.82) is 0 Å². The number of piperidine rings is 1. The van der Waals surface area contributed by atoms with E-state index in [2.05, 4.69) is 40.4 Å². The third kappa shape index (κ3) is 7.00. The van der Waals surface area contributed by atoms with Crippen LogP contribution in [0.15, 0.2) is 54.9 Å². The number of halogens is 1. The lowest BCUT2D eigenvalue weighted by Crippen LogP contribution is -2.47. The van der Waals surface area contributed by atoms with E-state index in [0.29, 0.717) is 36.1 Å². The Kier molecular flexibility index (Phi) is 8.37. The van der Waals surface area contributed by atoms with Crippen LogP contribution in [0.4, 0.5) is 0 Å². The molecule has 1 N–H and O–H groups in total. The highest BCUT2D eigenvalue weighted by Crippen LogP contribution is 2.29. The molecule has 0 unspecified atom stereocenters. The molecule has 0 amide bonds. The van der Waals surface area contributed by atoms with E-state index in [-0.39, 0.29) is 6.61 Å².